The molecule has 19 heavy (non-hydrogen) atoms. The maximum Gasteiger partial charge on any atom is 0.147 e. The molecule has 0 saturated heterocycles. The van der Waals surface area contributed by atoms with E-state index in [2.05, 4.69) is 5.43 Å². The second kappa shape index (κ2) is 5.87. The molecule has 4 nitrogen and oxygen atoms in total. The summed E-state index contributed by atoms with van der Waals surface area (Å²) >= 11 is 0. The topological polar surface area (TPSA) is 63.8 Å². The van der Waals surface area contributed by atoms with E-state index < -0.39 is 0 Å². The van der Waals surface area contributed by atoms with Crippen molar-refractivity contribution >= 4 is 5.82 Å². The van der Waals surface area contributed by atoms with Crippen LogP contribution in [-0.4, -0.2) is 9.97 Å². The van der Waals surface area contributed by atoms with Crippen molar-refractivity contribution < 1.29 is 0 Å². The number of hydrogen-bond donors (Lipinski definition) is 2. The average Bonchev–Trinajstić information content (AvgIpc) is 2.72. The van der Waals surface area contributed by atoms with Crippen molar-refractivity contribution in [3.05, 3.63) is 17.1 Å². The molecular weight excluding hydrogens is 236 g/mol. The van der Waals surface area contributed by atoms with Crippen LogP contribution in [0.4, 0.5) is 5.82 Å². The van der Waals surface area contributed by atoms with Crippen LogP contribution in [0.2, 0.25) is 0 Å². The van der Waals surface area contributed by atoms with E-state index in [1.54, 1.807) is 0 Å². The second-order valence-electron chi connectivity index (χ2n) is 5.90. The van der Waals surface area contributed by atoms with E-state index in [1.807, 2.05) is 0 Å². The van der Waals surface area contributed by atoms with Gasteiger partial charge in [0.2, 0.25) is 0 Å². The van der Waals surface area contributed by atoms with Gasteiger partial charge in [-0.25, -0.2) is 15.8 Å². The molecule has 0 radical (unpaired) electrons. The van der Waals surface area contributed by atoms with Crippen molar-refractivity contribution in [1.29, 1.82) is 0 Å². The van der Waals surface area contributed by atoms with Crippen LogP contribution in [0.25, 0.3) is 0 Å². The fourth-order valence-corrected chi connectivity index (χ4v) is 3.45. The number of anilines is 1. The van der Waals surface area contributed by atoms with Crippen LogP contribution >= 0.6 is 0 Å². The van der Waals surface area contributed by atoms with Gasteiger partial charge in [-0.05, 0) is 38.5 Å². The molecule has 1 aromatic heterocycles. The highest BCUT2D eigenvalue weighted by atomic mass is 15.3. The average molecular weight is 260 g/mol. The largest absolute Gasteiger partial charge is 0.308 e. The van der Waals surface area contributed by atoms with E-state index in [0.29, 0.717) is 5.92 Å². The summed E-state index contributed by atoms with van der Waals surface area (Å²) in [5, 5.41) is 0. The number of rotatable bonds is 2. The van der Waals surface area contributed by atoms with E-state index in [9.17, 15) is 0 Å². The van der Waals surface area contributed by atoms with E-state index in [4.69, 9.17) is 15.8 Å². The van der Waals surface area contributed by atoms with Crippen molar-refractivity contribution in [3.8, 4) is 0 Å². The second-order valence-corrected chi connectivity index (χ2v) is 5.90. The third-order valence-corrected chi connectivity index (χ3v) is 4.56. The number of hydrazine groups is 1. The number of fused-ring (bicyclic) bond motifs is 1. The summed E-state index contributed by atoms with van der Waals surface area (Å²) < 4.78 is 0. The first-order valence-electron chi connectivity index (χ1n) is 7.75. The molecule has 0 spiro atoms. The van der Waals surface area contributed by atoms with Gasteiger partial charge in [-0.15, -0.1) is 0 Å². The van der Waals surface area contributed by atoms with Crippen molar-refractivity contribution in [2.24, 2.45) is 5.84 Å². The Hall–Kier alpha value is -1.16. The lowest BCUT2D eigenvalue weighted by atomic mass is 9.88. The molecule has 1 saturated carbocycles. The molecule has 3 rings (SSSR count). The standard InChI is InChI=1S/C15H24N4/c16-19-15-12-9-5-2-6-10-13(12)17-14(18-15)11-7-3-1-4-8-11/h11H,1-10,16H2,(H,17,18,19). The van der Waals surface area contributed by atoms with Gasteiger partial charge in [-0.3, -0.25) is 0 Å². The lowest BCUT2D eigenvalue weighted by molar-refractivity contribution is 0.427. The SMILES string of the molecule is NNc1nc(C2CCCCC2)nc2c1CCCCC2. The van der Waals surface area contributed by atoms with Gasteiger partial charge in [-0.1, -0.05) is 25.7 Å². The van der Waals surface area contributed by atoms with Gasteiger partial charge in [-0.2, -0.15) is 0 Å². The van der Waals surface area contributed by atoms with Crippen LogP contribution < -0.4 is 11.3 Å². The molecular formula is C15H24N4. The number of nitrogen functional groups attached to an aromatic ring is 1. The number of aryl methyl sites for hydroxylation is 1. The van der Waals surface area contributed by atoms with Gasteiger partial charge >= 0.3 is 0 Å². The van der Waals surface area contributed by atoms with E-state index >= 15 is 0 Å². The number of aromatic nitrogens is 2. The van der Waals surface area contributed by atoms with Gasteiger partial charge in [0.1, 0.15) is 11.6 Å². The van der Waals surface area contributed by atoms with Crippen LogP contribution in [0, 0.1) is 0 Å². The molecule has 2 aliphatic carbocycles. The number of nitrogens with one attached hydrogen (secondary N) is 1. The first-order valence-corrected chi connectivity index (χ1v) is 7.75. The molecule has 104 valence electrons. The molecule has 0 bridgehead atoms. The number of hydrogen-bond acceptors (Lipinski definition) is 4. The summed E-state index contributed by atoms with van der Waals surface area (Å²) in [6.45, 7) is 0. The van der Waals surface area contributed by atoms with E-state index in [-0.39, 0.29) is 0 Å². The summed E-state index contributed by atoms with van der Waals surface area (Å²) in [5.74, 6) is 8.15. The lowest BCUT2D eigenvalue weighted by Crippen LogP contribution is -2.18. The van der Waals surface area contributed by atoms with E-state index in [1.165, 1.54) is 62.6 Å². The van der Waals surface area contributed by atoms with Crippen molar-refractivity contribution in [3.63, 3.8) is 0 Å². The smallest absolute Gasteiger partial charge is 0.147 e. The molecule has 4 heteroatoms. The first-order chi connectivity index (χ1) is 9.38. The van der Waals surface area contributed by atoms with Crippen LogP contribution in [0.1, 0.15) is 74.4 Å². The molecule has 1 heterocycles. The van der Waals surface area contributed by atoms with Crippen LogP contribution in [0.5, 0.6) is 0 Å². The Bertz CT molecular complexity index is 438. The predicted molar refractivity (Wildman–Crippen MR) is 76.9 cm³/mol. The fourth-order valence-electron chi connectivity index (χ4n) is 3.45. The normalized spacial score (nSPS) is 20.7. The monoisotopic (exact) mass is 260 g/mol. The summed E-state index contributed by atoms with van der Waals surface area (Å²) in [6, 6.07) is 0. The maximum atomic E-state index is 5.68. The summed E-state index contributed by atoms with van der Waals surface area (Å²) in [7, 11) is 0. The van der Waals surface area contributed by atoms with Gasteiger partial charge in [0.25, 0.3) is 0 Å². The molecule has 0 atom stereocenters. The Labute approximate surface area is 115 Å². The first kappa shape index (κ1) is 12.9. The van der Waals surface area contributed by atoms with Gasteiger partial charge in [0, 0.05) is 17.2 Å². The summed E-state index contributed by atoms with van der Waals surface area (Å²) in [5.41, 5.74) is 5.33. The third-order valence-electron chi connectivity index (χ3n) is 4.56. The molecule has 2 aliphatic rings. The maximum absolute atomic E-state index is 5.68. The molecule has 0 aliphatic heterocycles. The molecule has 0 unspecified atom stereocenters. The molecule has 1 aromatic rings. The molecule has 3 N–H and O–H groups in total. The number of nitrogens with zero attached hydrogens (tertiary/aromatic N) is 2. The predicted octanol–water partition coefficient (Wildman–Crippen LogP) is 3.08. The Morgan fingerprint density at radius 1 is 0.895 bits per heavy atom. The fraction of sp³-hybridized carbons (Fsp3) is 0.733. The summed E-state index contributed by atoms with van der Waals surface area (Å²) in [4.78, 5) is 9.62. The highest BCUT2D eigenvalue weighted by Gasteiger charge is 2.22. The van der Waals surface area contributed by atoms with Gasteiger partial charge in [0.15, 0.2) is 0 Å². The van der Waals surface area contributed by atoms with Gasteiger partial charge in [0.05, 0.1) is 0 Å². The van der Waals surface area contributed by atoms with E-state index in [0.717, 1.165) is 24.5 Å². The van der Waals surface area contributed by atoms with Gasteiger partial charge < -0.3 is 5.43 Å². The third kappa shape index (κ3) is 2.73. The Balaban J connectivity index is 1.94. The molecule has 0 amide bonds. The quantitative estimate of drug-likeness (QED) is 0.487. The molecule has 0 aromatic carbocycles. The van der Waals surface area contributed by atoms with Crippen molar-refractivity contribution in [2.45, 2.75) is 70.1 Å². The Kier molecular flexibility index (Phi) is 3.97. The van der Waals surface area contributed by atoms with Crippen molar-refractivity contribution in [1.82, 2.24) is 9.97 Å². The Morgan fingerprint density at radius 3 is 2.42 bits per heavy atom. The van der Waals surface area contributed by atoms with Crippen LogP contribution in [0.15, 0.2) is 0 Å². The zero-order valence-corrected chi connectivity index (χ0v) is 11.6. The van der Waals surface area contributed by atoms with Crippen LogP contribution in [0.3, 0.4) is 0 Å². The highest BCUT2D eigenvalue weighted by molar-refractivity contribution is 5.46. The highest BCUT2D eigenvalue weighted by Crippen LogP contribution is 2.33. The van der Waals surface area contributed by atoms with Crippen molar-refractivity contribution in [2.75, 3.05) is 5.43 Å². The Morgan fingerprint density at radius 2 is 1.63 bits per heavy atom. The zero-order chi connectivity index (χ0) is 13.1. The zero-order valence-electron chi connectivity index (χ0n) is 11.6. The number of nitrogens with two attached hydrogens (primary N) is 1. The lowest BCUT2D eigenvalue weighted by Gasteiger charge is -2.22. The minimum absolute atomic E-state index is 0.550. The van der Waals surface area contributed by atoms with Crippen LogP contribution in [-0.2, 0) is 12.8 Å². The minimum Gasteiger partial charge on any atom is -0.308 e. The minimum atomic E-state index is 0.550. The summed E-state index contributed by atoms with van der Waals surface area (Å²) in [6.07, 6.45) is 12.4. The molecule has 1 fully saturated rings.